The van der Waals surface area contributed by atoms with Crippen molar-refractivity contribution in [1.82, 2.24) is 15.0 Å². The first-order valence-electron chi connectivity index (χ1n) is 10.1. The van der Waals surface area contributed by atoms with Crippen LogP contribution in [0.15, 0.2) is 47.0 Å². The number of aromatic amines is 1. The quantitative estimate of drug-likeness (QED) is 0.320. The third-order valence-corrected chi connectivity index (χ3v) is 5.18. The van der Waals surface area contributed by atoms with Crippen molar-refractivity contribution < 1.29 is 19.1 Å². The number of aromatic hydroxyl groups is 1. The molecule has 0 aliphatic heterocycles. The molecule has 8 nitrogen and oxygen atoms in total. The van der Waals surface area contributed by atoms with Gasteiger partial charge in [-0.1, -0.05) is 12.5 Å². The van der Waals surface area contributed by atoms with E-state index in [9.17, 15) is 9.90 Å². The normalized spacial score (nSPS) is 10.8. The smallest absolute Gasteiger partial charge is 0.268 e. The molecule has 168 valence electrons. The zero-order valence-corrected chi connectivity index (χ0v) is 18.4. The highest BCUT2D eigenvalue weighted by atomic mass is 35.5. The van der Waals surface area contributed by atoms with Crippen LogP contribution in [0.25, 0.3) is 22.6 Å². The zero-order chi connectivity index (χ0) is 21.8. The molecular weight excluding hydrogens is 432 g/mol. The third-order valence-electron chi connectivity index (χ3n) is 5.18. The Morgan fingerprint density at radius 3 is 2.53 bits per heavy atom. The van der Waals surface area contributed by atoms with Crippen molar-refractivity contribution in [2.75, 3.05) is 7.11 Å². The lowest BCUT2D eigenvalue weighted by Crippen LogP contribution is -2.11. The summed E-state index contributed by atoms with van der Waals surface area (Å²) in [5.74, 6) is 1.55. The van der Waals surface area contributed by atoms with Gasteiger partial charge in [0.15, 0.2) is 11.1 Å². The first kappa shape index (κ1) is 23.1. The summed E-state index contributed by atoms with van der Waals surface area (Å²) in [5.41, 5.74) is 8.39. The van der Waals surface area contributed by atoms with Gasteiger partial charge in [0.05, 0.1) is 7.11 Å². The first-order valence-corrected chi connectivity index (χ1v) is 10.1. The van der Waals surface area contributed by atoms with Crippen molar-refractivity contribution >= 4 is 29.4 Å². The van der Waals surface area contributed by atoms with Crippen molar-refractivity contribution in [3.63, 3.8) is 0 Å². The van der Waals surface area contributed by atoms with Gasteiger partial charge in [-0.3, -0.25) is 4.79 Å². The lowest BCUT2D eigenvalue weighted by atomic mass is 10.0. The number of nitrogens with one attached hydrogen (secondary N) is 1. The number of methoxy groups -OCH3 is 1. The Morgan fingerprint density at radius 2 is 1.84 bits per heavy atom. The zero-order valence-electron chi connectivity index (χ0n) is 17.6. The number of carbonyl (C=O) groups is 1. The van der Waals surface area contributed by atoms with E-state index >= 15 is 0 Å². The average Bonchev–Trinajstić information content (AvgIpc) is 3.43. The molecule has 4 aromatic rings. The van der Waals surface area contributed by atoms with Gasteiger partial charge in [0, 0.05) is 18.2 Å². The van der Waals surface area contributed by atoms with Gasteiger partial charge in [-0.25, -0.2) is 9.97 Å². The minimum Gasteiger partial charge on any atom is -0.506 e. The summed E-state index contributed by atoms with van der Waals surface area (Å²) >= 11 is 0. The van der Waals surface area contributed by atoms with Crippen LogP contribution in [-0.2, 0) is 12.8 Å². The molecule has 32 heavy (non-hydrogen) atoms. The van der Waals surface area contributed by atoms with Crippen LogP contribution in [-0.4, -0.2) is 33.1 Å². The molecule has 0 aliphatic carbocycles. The van der Waals surface area contributed by atoms with Crippen LogP contribution in [0.5, 0.6) is 11.5 Å². The number of hydrogen-bond donors (Lipinski definition) is 3. The van der Waals surface area contributed by atoms with Crippen LogP contribution >= 0.6 is 12.4 Å². The number of carbonyl (C=O) groups excluding carboxylic acids is 1. The van der Waals surface area contributed by atoms with Crippen molar-refractivity contribution in [1.29, 1.82) is 0 Å². The molecule has 0 spiro atoms. The Balaban J connectivity index is 0.00000289. The molecule has 9 heteroatoms. The fourth-order valence-electron chi connectivity index (χ4n) is 3.50. The summed E-state index contributed by atoms with van der Waals surface area (Å²) in [6, 6.07) is 11.0. The van der Waals surface area contributed by atoms with Gasteiger partial charge < -0.3 is 25.0 Å². The number of nitrogens with zero attached hydrogens (tertiary/aromatic N) is 2. The van der Waals surface area contributed by atoms with Gasteiger partial charge in [0.1, 0.15) is 23.0 Å². The number of unbranched alkanes of at least 4 members (excludes halogenated alkanes) is 2. The Hall–Kier alpha value is -3.52. The summed E-state index contributed by atoms with van der Waals surface area (Å²) in [6.07, 6.45) is 5.95. The fraction of sp³-hybridized carbons (Fsp3) is 0.261. The maximum atomic E-state index is 11.1. The van der Waals surface area contributed by atoms with E-state index < -0.39 is 5.91 Å². The summed E-state index contributed by atoms with van der Waals surface area (Å²) < 4.78 is 11.2. The van der Waals surface area contributed by atoms with E-state index in [0.717, 1.165) is 54.8 Å². The van der Waals surface area contributed by atoms with Crippen LogP contribution in [0.1, 0.15) is 41.1 Å². The molecule has 0 atom stereocenters. The van der Waals surface area contributed by atoms with Crippen molar-refractivity contribution in [3.8, 4) is 23.0 Å². The molecule has 0 aliphatic rings. The highest BCUT2D eigenvalue weighted by Gasteiger charge is 2.15. The third kappa shape index (κ3) is 5.03. The van der Waals surface area contributed by atoms with Gasteiger partial charge in [-0.2, -0.15) is 0 Å². The lowest BCUT2D eigenvalue weighted by Gasteiger charge is -2.03. The number of primary amides is 1. The van der Waals surface area contributed by atoms with E-state index in [0.29, 0.717) is 17.0 Å². The summed E-state index contributed by atoms with van der Waals surface area (Å²) in [6.45, 7) is 0. The number of hydrogen-bond acceptors (Lipinski definition) is 6. The number of aromatic nitrogens is 3. The average molecular weight is 457 g/mol. The number of fused-ring (bicyclic) bond motifs is 1. The van der Waals surface area contributed by atoms with E-state index in [1.165, 1.54) is 6.20 Å². The molecule has 0 bridgehead atoms. The number of halogens is 1. The molecule has 2 aromatic carbocycles. The minimum absolute atomic E-state index is 0. The highest BCUT2D eigenvalue weighted by Crippen LogP contribution is 2.33. The largest absolute Gasteiger partial charge is 0.506 e. The number of amides is 1. The minimum atomic E-state index is -0.528. The summed E-state index contributed by atoms with van der Waals surface area (Å²) in [7, 11) is 1.62. The second-order valence-corrected chi connectivity index (χ2v) is 7.33. The maximum Gasteiger partial charge on any atom is 0.268 e. The number of imidazole rings is 1. The number of oxazole rings is 1. The molecule has 0 saturated carbocycles. The van der Waals surface area contributed by atoms with E-state index in [2.05, 4.69) is 15.0 Å². The second kappa shape index (κ2) is 10.2. The molecule has 0 saturated heterocycles. The Labute approximate surface area is 191 Å². The fourth-order valence-corrected chi connectivity index (χ4v) is 3.50. The number of nitrogens with two attached hydrogens (primary N) is 1. The molecule has 1 amide bonds. The highest BCUT2D eigenvalue weighted by molar-refractivity contribution is 5.90. The van der Waals surface area contributed by atoms with E-state index in [-0.39, 0.29) is 23.9 Å². The first-order chi connectivity index (χ1) is 15.0. The summed E-state index contributed by atoms with van der Waals surface area (Å²) in [4.78, 5) is 22.7. The Bertz CT molecular complexity index is 1200. The number of ether oxygens (including phenoxy) is 1. The summed E-state index contributed by atoms with van der Waals surface area (Å²) in [5, 5.41) is 10.2. The van der Waals surface area contributed by atoms with Gasteiger partial charge in [0.25, 0.3) is 5.91 Å². The molecule has 0 fully saturated rings. The molecule has 0 radical (unpaired) electrons. The van der Waals surface area contributed by atoms with Crippen molar-refractivity contribution in [2.45, 2.75) is 32.1 Å². The number of aryl methyl sites for hydroxylation is 2. The number of rotatable bonds is 9. The van der Waals surface area contributed by atoms with Crippen molar-refractivity contribution in [2.24, 2.45) is 5.73 Å². The number of H-pyrrole nitrogens is 1. The van der Waals surface area contributed by atoms with Gasteiger partial charge in [-0.05, 0) is 55.2 Å². The predicted octanol–water partition coefficient (Wildman–Crippen LogP) is 4.41. The lowest BCUT2D eigenvalue weighted by molar-refractivity contribution is 0.0996. The number of phenols is 1. The molecule has 2 heterocycles. The van der Waals surface area contributed by atoms with E-state index in [1.54, 1.807) is 13.2 Å². The van der Waals surface area contributed by atoms with Crippen LogP contribution < -0.4 is 10.5 Å². The Kier molecular flexibility index (Phi) is 7.37. The molecule has 4 N–H and O–H groups in total. The van der Waals surface area contributed by atoms with E-state index in [4.69, 9.17) is 14.9 Å². The Morgan fingerprint density at radius 1 is 1.09 bits per heavy atom. The SMILES string of the molecule is COc1ccc(-c2nc3c(O)ccc(CCCCCc4nc(C(N)=O)c[nH]4)c3o2)cc1.Cl. The van der Waals surface area contributed by atoms with E-state index in [1.807, 2.05) is 30.3 Å². The molecule has 2 aromatic heterocycles. The second-order valence-electron chi connectivity index (χ2n) is 7.33. The van der Waals surface area contributed by atoms with Gasteiger partial charge in [-0.15, -0.1) is 12.4 Å². The topological polar surface area (TPSA) is 127 Å². The monoisotopic (exact) mass is 456 g/mol. The van der Waals surface area contributed by atoms with Crippen molar-refractivity contribution in [3.05, 3.63) is 59.7 Å². The van der Waals surface area contributed by atoms with Gasteiger partial charge >= 0.3 is 0 Å². The number of benzene rings is 2. The number of phenolic OH excluding ortho intramolecular Hbond substituents is 1. The van der Waals surface area contributed by atoms with Crippen LogP contribution in [0, 0.1) is 0 Å². The maximum absolute atomic E-state index is 11.1. The van der Waals surface area contributed by atoms with Crippen LogP contribution in [0.4, 0.5) is 0 Å². The predicted molar refractivity (Wildman–Crippen MR) is 123 cm³/mol. The molecule has 0 unspecified atom stereocenters. The molecule has 4 rings (SSSR count). The van der Waals surface area contributed by atoms with Gasteiger partial charge in [0.2, 0.25) is 5.89 Å². The standard InChI is InChI=1S/C23H24N4O4.ClH/c1-30-16-10-7-15(8-11-16)23-27-20-18(28)12-9-14(21(20)31-23)5-3-2-4-6-19-25-13-17(26-19)22(24)29;/h7-13,28H,2-6H2,1H3,(H2,24,29)(H,25,26);1H. The molecular formula is C23H25ClN4O4. The van der Waals surface area contributed by atoms with Crippen LogP contribution in [0.2, 0.25) is 0 Å². The van der Waals surface area contributed by atoms with Crippen LogP contribution in [0.3, 0.4) is 0 Å².